The van der Waals surface area contributed by atoms with Crippen LogP contribution < -0.4 is 11.1 Å². The van der Waals surface area contributed by atoms with Crippen molar-refractivity contribution in [2.24, 2.45) is 11.7 Å². The molecule has 3 N–H and O–H groups in total. The molecule has 112 valence electrons. The number of carbonyl (C=O) groups excluding carboxylic acids is 1. The van der Waals surface area contributed by atoms with Crippen LogP contribution in [0.4, 0.5) is 0 Å². The van der Waals surface area contributed by atoms with Crippen LogP contribution in [-0.4, -0.2) is 11.9 Å². The van der Waals surface area contributed by atoms with E-state index in [4.69, 9.17) is 5.73 Å². The molecule has 0 radical (unpaired) electrons. The topological polar surface area (TPSA) is 55.1 Å². The van der Waals surface area contributed by atoms with Gasteiger partial charge in [-0.3, -0.25) is 4.79 Å². The minimum atomic E-state index is -0.471. The second kappa shape index (κ2) is 7.38. The van der Waals surface area contributed by atoms with Gasteiger partial charge in [-0.2, -0.15) is 0 Å². The molecule has 2 unspecified atom stereocenters. The highest BCUT2D eigenvalue weighted by molar-refractivity contribution is 7.10. The first-order valence-electron chi connectivity index (χ1n) is 7.27. The van der Waals surface area contributed by atoms with Gasteiger partial charge in [0.1, 0.15) is 0 Å². The van der Waals surface area contributed by atoms with E-state index in [2.05, 4.69) is 5.32 Å². The Kier molecular flexibility index (Phi) is 5.53. The molecule has 2 rings (SSSR count). The molecule has 3 atom stereocenters. The zero-order valence-corrected chi connectivity index (χ0v) is 13.3. The Morgan fingerprint density at radius 3 is 2.52 bits per heavy atom. The van der Waals surface area contributed by atoms with Crippen molar-refractivity contribution < 1.29 is 4.79 Å². The molecular weight excluding hydrogens is 280 g/mol. The zero-order chi connectivity index (χ0) is 15.2. The van der Waals surface area contributed by atoms with Gasteiger partial charge in [0.2, 0.25) is 5.91 Å². The van der Waals surface area contributed by atoms with Crippen LogP contribution in [-0.2, 0) is 4.79 Å². The van der Waals surface area contributed by atoms with Gasteiger partial charge < -0.3 is 11.1 Å². The molecule has 0 saturated heterocycles. The average Bonchev–Trinajstić information content (AvgIpc) is 3.05. The standard InChI is InChI=1S/C17H22N2OS/c1-3-12(2)15(18)17(20)19-16(14-10-7-11-21-14)13-8-5-4-6-9-13/h4-12,15-16H,3,18H2,1-2H3,(H,19,20)/t12?,15-,16?/m0/s1. The molecule has 0 aliphatic rings. The van der Waals surface area contributed by atoms with E-state index in [0.717, 1.165) is 16.9 Å². The summed E-state index contributed by atoms with van der Waals surface area (Å²) in [6.07, 6.45) is 0.892. The second-order valence-electron chi connectivity index (χ2n) is 5.28. The van der Waals surface area contributed by atoms with Gasteiger partial charge in [-0.15, -0.1) is 11.3 Å². The molecule has 2 aromatic rings. The summed E-state index contributed by atoms with van der Waals surface area (Å²) in [5, 5.41) is 5.12. The quantitative estimate of drug-likeness (QED) is 0.860. The van der Waals surface area contributed by atoms with Gasteiger partial charge in [-0.25, -0.2) is 0 Å². The maximum atomic E-state index is 12.4. The molecule has 1 amide bonds. The average molecular weight is 302 g/mol. The van der Waals surface area contributed by atoms with Crippen LogP contribution in [0.2, 0.25) is 0 Å². The summed E-state index contributed by atoms with van der Waals surface area (Å²) in [5.74, 6) is 0.0800. The summed E-state index contributed by atoms with van der Waals surface area (Å²) in [4.78, 5) is 13.5. The summed E-state index contributed by atoms with van der Waals surface area (Å²) < 4.78 is 0. The molecular formula is C17H22N2OS. The number of hydrogen-bond acceptors (Lipinski definition) is 3. The smallest absolute Gasteiger partial charge is 0.237 e. The van der Waals surface area contributed by atoms with Gasteiger partial charge in [-0.1, -0.05) is 56.7 Å². The van der Waals surface area contributed by atoms with E-state index < -0.39 is 6.04 Å². The maximum absolute atomic E-state index is 12.4. The van der Waals surface area contributed by atoms with Crippen molar-refractivity contribution in [3.05, 3.63) is 58.3 Å². The van der Waals surface area contributed by atoms with Crippen LogP contribution in [0.25, 0.3) is 0 Å². The highest BCUT2D eigenvalue weighted by Gasteiger charge is 2.24. The predicted octanol–water partition coefficient (Wildman–Crippen LogP) is 3.33. The molecule has 1 aromatic heterocycles. The van der Waals surface area contributed by atoms with E-state index in [9.17, 15) is 4.79 Å². The summed E-state index contributed by atoms with van der Waals surface area (Å²) >= 11 is 1.64. The largest absolute Gasteiger partial charge is 0.343 e. The summed E-state index contributed by atoms with van der Waals surface area (Å²) in [6, 6.07) is 13.4. The number of amides is 1. The Balaban J connectivity index is 2.20. The van der Waals surface area contributed by atoms with Crippen LogP contribution in [0.3, 0.4) is 0 Å². The molecule has 0 spiro atoms. The Labute approximate surface area is 130 Å². The normalized spacial score (nSPS) is 15.2. The monoisotopic (exact) mass is 302 g/mol. The SMILES string of the molecule is CCC(C)[C@H](N)C(=O)NC(c1ccccc1)c1cccs1. The van der Waals surface area contributed by atoms with Gasteiger partial charge in [0.25, 0.3) is 0 Å². The van der Waals surface area contributed by atoms with Crippen molar-refractivity contribution in [2.45, 2.75) is 32.4 Å². The van der Waals surface area contributed by atoms with Crippen molar-refractivity contribution >= 4 is 17.2 Å². The van der Waals surface area contributed by atoms with Crippen LogP contribution in [0, 0.1) is 5.92 Å². The number of hydrogen-bond donors (Lipinski definition) is 2. The summed E-state index contributed by atoms with van der Waals surface area (Å²) in [5.41, 5.74) is 7.12. The number of benzene rings is 1. The first kappa shape index (κ1) is 15.7. The molecule has 21 heavy (non-hydrogen) atoms. The number of carbonyl (C=O) groups is 1. The Morgan fingerprint density at radius 2 is 1.95 bits per heavy atom. The van der Waals surface area contributed by atoms with Crippen molar-refractivity contribution in [2.75, 3.05) is 0 Å². The fraction of sp³-hybridized carbons (Fsp3) is 0.353. The number of nitrogens with two attached hydrogens (primary N) is 1. The van der Waals surface area contributed by atoms with Crippen molar-refractivity contribution in [3.63, 3.8) is 0 Å². The molecule has 0 aliphatic heterocycles. The Morgan fingerprint density at radius 1 is 1.24 bits per heavy atom. The molecule has 0 fully saturated rings. The highest BCUT2D eigenvalue weighted by atomic mass is 32.1. The third kappa shape index (κ3) is 3.93. The fourth-order valence-corrected chi connectivity index (χ4v) is 2.97. The molecule has 0 aliphatic carbocycles. The number of thiophene rings is 1. The predicted molar refractivity (Wildman–Crippen MR) is 88.2 cm³/mol. The Bertz CT molecular complexity index is 553. The minimum Gasteiger partial charge on any atom is -0.343 e. The van der Waals surface area contributed by atoms with Gasteiger partial charge in [0.15, 0.2) is 0 Å². The zero-order valence-electron chi connectivity index (χ0n) is 12.5. The second-order valence-corrected chi connectivity index (χ2v) is 6.26. The van der Waals surface area contributed by atoms with E-state index in [0.29, 0.717) is 0 Å². The van der Waals surface area contributed by atoms with Crippen LogP contribution in [0.15, 0.2) is 47.8 Å². The van der Waals surface area contributed by atoms with Crippen molar-refractivity contribution in [1.82, 2.24) is 5.32 Å². The maximum Gasteiger partial charge on any atom is 0.237 e. The summed E-state index contributed by atoms with van der Waals surface area (Å²) in [7, 11) is 0. The van der Waals surface area contributed by atoms with E-state index in [-0.39, 0.29) is 17.9 Å². The third-order valence-corrected chi connectivity index (χ3v) is 4.74. The van der Waals surface area contributed by atoms with E-state index in [1.165, 1.54) is 0 Å². The molecule has 1 aromatic carbocycles. The highest BCUT2D eigenvalue weighted by Crippen LogP contribution is 2.26. The molecule has 3 nitrogen and oxygen atoms in total. The molecule has 0 saturated carbocycles. The van der Waals surface area contributed by atoms with Crippen LogP contribution >= 0.6 is 11.3 Å². The number of rotatable bonds is 6. The van der Waals surface area contributed by atoms with Gasteiger partial charge in [0, 0.05) is 4.88 Å². The fourth-order valence-electron chi connectivity index (χ4n) is 2.17. The lowest BCUT2D eigenvalue weighted by molar-refractivity contribution is -0.123. The van der Waals surface area contributed by atoms with E-state index >= 15 is 0 Å². The van der Waals surface area contributed by atoms with Gasteiger partial charge in [-0.05, 0) is 22.9 Å². The van der Waals surface area contributed by atoms with Gasteiger partial charge >= 0.3 is 0 Å². The number of nitrogens with one attached hydrogen (secondary N) is 1. The molecule has 4 heteroatoms. The van der Waals surface area contributed by atoms with Crippen molar-refractivity contribution in [3.8, 4) is 0 Å². The summed E-state index contributed by atoms with van der Waals surface area (Å²) in [6.45, 7) is 4.05. The first-order valence-corrected chi connectivity index (χ1v) is 8.15. The van der Waals surface area contributed by atoms with E-state index in [1.807, 2.05) is 61.7 Å². The molecule has 0 bridgehead atoms. The minimum absolute atomic E-state index is 0.0911. The lowest BCUT2D eigenvalue weighted by Crippen LogP contribution is -2.45. The lowest BCUT2D eigenvalue weighted by atomic mass is 9.98. The lowest BCUT2D eigenvalue weighted by Gasteiger charge is -2.23. The third-order valence-electron chi connectivity index (χ3n) is 3.81. The van der Waals surface area contributed by atoms with Crippen molar-refractivity contribution in [1.29, 1.82) is 0 Å². The van der Waals surface area contributed by atoms with Crippen LogP contribution in [0.5, 0.6) is 0 Å². The Hall–Kier alpha value is -1.65. The van der Waals surface area contributed by atoms with Crippen LogP contribution in [0.1, 0.15) is 36.8 Å². The molecule has 1 heterocycles. The van der Waals surface area contributed by atoms with E-state index in [1.54, 1.807) is 11.3 Å². The van der Waals surface area contributed by atoms with Gasteiger partial charge in [0.05, 0.1) is 12.1 Å². The first-order chi connectivity index (χ1) is 10.1.